The van der Waals surface area contributed by atoms with Crippen LogP contribution in [0.5, 0.6) is 0 Å². The lowest BCUT2D eigenvalue weighted by molar-refractivity contribution is 0.0596. The zero-order valence-electron chi connectivity index (χ0n) is 11.0. The maximum absolute atomic E-state index is 3.61. The summed E-state index contributed by atoms with van der Waals surface area (Å²) in [4.78, 5) is 2.76. The summed E-state index contributed by atoms with van der Waals surface area (Å²) in [6, 6.07) is 0.914. The summed E-state index contributed by atoms with van der Waals surface area (Å²) in [5, 5.41) is 3.61. The first-order chi connectivity index (χ1) is 7.42. The summed E-state index contributed by atoms with van der Waals surface area (Å²) in [5.41, 5.74) is 0. The van der Waals surface area contributed by atoms with Gasteiger partial charge in [0.15, 0.2) is 0 Å². The molecule has 2 heterocycles. The first-order valence-electron chi connectivity index (χ1n) is 6.86. The molecule has 0 amide bonds. The number of piperidine rings is 2. The molecular weight excluding hydrogens is 255 g/mol. The molecule has 1 unspecified atom stereocenters. The Bertz CT molecular complexity index is 188. The van der Waals surface area contributed by atoms with Gasteiger partial charge in [-0.25, -0.2) is 0 Å². The van der Waals surface area contributed by atoms with Gasteiger partial charge in [-0.2, -0.15) is 0 Å². The van der Waals surface area contributed by atoms with Gasteiger partial charge in [0.1, 0.15) is 0 Å². The van der Waals surface area contributed by atoms with Gasteiger partial charge in [-0.05, 0) is 64.2 Å². The molecule has 0 aromatic carbocycles. The molecule has 2 aliphatic heterocycles. The summed E-state index contributed by atoms with van der Waals surface area (Å²) in [6.45, 7) is 7.45. The largest absolute Gasteiger partial charge is 0.316 e. The minimum atomic E-state index is 0. The van der Waals surface area contributed by atoms with Crippen molar-refractivity contribution in [1.82, 2.24) is 10.2 Å². The van der Waals surface area contributed by atoms with Crippen LogP contribution in [-0.2, 0) is 0 Å². The Morgan fingerprint density at radius 3 is 2.59 bits per heavy atom. The van der Waals surface area contributed by atoms with Crippen LogP contribution in [0.4, 0.5) is 0 Å². The van der Waals surface area contributed by atoms with Gasteiger partial charge >= 0.3 is 0 Å². The van der Waals surface area contributed by atoms with Crippen LogP contribution in [0, 0.1) is 5.92 Å². The van der Waals surface area contributed by atoms with Gasteiger partial charge in [-0.15, -0.1) is 24.8 Å². The highest BCUT2D eigenvalue weighted by molar-refractivity contribution is 5.85. The monoisotopic (exact) mass is 282 g/mol. The molecule has 0 aromatic rings. The fourth-order valence-corrected chi connectivity index (χ4v) is 3.28. The molecule has 2 aliphatic rings. The molecule has 0 spiro atoms. The highest BCUT2D eigenvalue weighted by Crippen LogP contribution is 2.30. The Balaban J connectivity index is 0.00000128. The number of fused-ring (bicyclic) bond motifs is 1. The van der Waals surface area contributed by atoms with Gasteiger partial charge < -0.3 is 10.2 Å². The molecule has 2 atom stereocenters. The zero-order chi connectivity index (χ0) is 10.5. The molecule has 0 radical (unpaired) electrons. The van der Waals surface area contributed by atoms with Crippen molar-refractivity contribution in [1.29, 1.82) is 0 Å². The van der Waals surface area contributed by atoms with E-state index in [0.29, 0.717) is 0 Å². The van der Waals surface area contributed by atoms with Gasteiger partial charge in [0.05, 0.1) is 0 Å². The summed E-state index contributed by atoms with van der Waals surface area (Å²) < 4.78 is 0. The maximum Gasteiger partial charge on any atom is 0.0136 e. The lowest BCUT2D eigenvalue weighted by Gasteiger charge is -2.44. The van der Waals surface area contributed by atoms with Gasteiger partial charge in [-0.1, -0.05) is 13.3 Å². The van der Waals surface area contributed by atoms with E-state index in [9.17, 15) is 0 Å². The molecule has 2 fully saturated rings. The average molecular weight is 283 g/mol. The minimum Gasteiger partial charge on any atom is -0.316 e. The fraction of sp³-hybridized carbons (Fsp3) is 1.00. The smallest absolute Gasteiger partial charge is 0.0136 e. The van der Waals surface area contributed by atoms with Crippen molar-refractivity contribution in [3.63, 3.8) is 0 Å². The first kappa shape index (κ1) is 17.5. The van der Waals surface area contributed by atoms with E-state index >= 15 is 0 Å². The molecule has 2 nitrogen and oxygen atoms in total. The third kappa shape index (κ3) is 4.94. The number of rotatable bonds is 4. The van der Waals surface area contributed by atoms with Crippen molar-refractivity contribution in [2.24, 2.45) is 5.92 Å². The van der Waals surface area contributed by atoms with E-state index in [1.807, 2.05) is 0 Å². The number of nitrogens with one attached hydrogen (secondary N) is 1. The molecule has 2 rings (SSSR count). The Labute approximate surface area is 119 Å². The summed E-state index contributed by atoms with van der Waals surface area (Å²) >= 11 is 0. The standard InChI is InChI=1S/C13H26N2.2ClH/c1-2-8-14-11-12-6-5-10-15-9-4-3-7-13(12)15;;/h12-14H,2-11H2,1H3;2*1H/t12-,13?;;/m0../s1. The second-order valence-corrected chi connectivity index (χ2v) is 5.21. The molecule has 0 saturated carbocycles. The molecular formula is C13H28Cl2N2. The number of hydrogen-bond acceptors (Lipinski definition) is 2. The lowest BCUT2D eigenvalue weighted by atomic mass is 9.83. The van der Waals surface area contributed by atoms with Gasteiger partial charge in [0, 0.05) is 6.04 Å². The quantitative estimate of drug-likeness (QED) is 0.798. The van der Waals surface area contributed by atoms with Crippen LogP contribution in [-0.4, -0.2) is 37.1 Å². The second kappa shape index (κ2) is 9.43. The van der Waals surface area contributed by atoms with Crippen molar-refractivity contribution in [2.75, 3.05) is 26.2 Å². The van der Waals surface area contributed by atoms with Crippen LogP contribution < -0.4 is 5.32 Å². The van der Waals surface area contributed by atoms with E-state index in [2.05, 4.69) is 17.1 Å². The van der Waals surface area contributed by atoms with Crippen LogP contribution in [0.1, 0.15) is 45.4 Å². The van der Waals surface area contributed by atoms with E-state index < -0.39 is 0 Å². The van der Waals surface area contributed by atoms with Gasteiger partial charge in [0.25, 0.3) is 0 Å². The average Bonchev–Trinajstić information content (AvgIpc) is 2.30. The molecule has 104 valence electrons. The van der Waals surface area contributed by atoms with Crippen molar-refractivity contribution in [2.45, 2.75) is 51.5 Å². The summed E-state index contributed by atoms with van der Waals surface area (Å²) in [5.74, 6) is 0.936. The van der Waals surface area contributed by atoms with Crippen LogP contribution in [0.15, 0.2) is 0 Å². The fourth-order valence-electron chi connectivity index (χ4n) is 3.28. The van der Waals surface area contributed by atoms with Crippen LogP contribution in [0.2, 0.25) is 0 Å². The van der Waals surface area contributed by atoms with Crippen molar-refractivity contribution in [3.05, 3.63) is 0 Å². The van der Waals surface area contributed by atoms with E-state index in [1.54, 1.807) is 0 Å². The molecule has 17 heavy (non-hydrogen) atoms. The predicted molar refractivity (Wildman–Crippen MR) is 79.6 cm³/mol. The summed E-state index contributed by atoms with van der Waals surface area (Å²) in [6.07, 6.45) is 8.50. The molecule has 0 aliphatic carbocycles. The normalized spacial score (nSPS) is 28.8. The highest BCUT2D eigenvalue weighted by atomic mass is 35.5. The zero-order valence-corrected chi connectivity index (χ0v) is 12.6. The predicted octanol–water partition coefficient (Wildman–Crippen LogP) is 3.09. The Morgan fingerprint density at radius 1 is 1.06 bits per heavy atom. The SMILES string of the molecule is CCCNC[C@@H]1CCCN2CCCCC12.Cl.Cl. The Hall–Kier alpha value is 0.500. The first-order valence-corrected chi connectivity index (χ1v) is 6.86. The molecule has 1 N–H and O–H groups in total. The van der Waals surface area contributed by atoms with E-state index in [4.69, 9.17) is 0 Å². The van der Waals surface area contributed by atoms with Gasteiger partial charge in [-0.3, -0.25) is 0 Å². The van der Waals surface area contributed by atoms with Crippen molar-refractivity contribution < 1.29 is 0 Å². The van der Waals surface area contributed by atoms with Crippen molar-refractivity contribution >= 4 is 24.8 Å². The van der Waals surface area contributed by atoms with Crippen molar-refractivity contribution in [3.8, 4) is 0 Å². The molecule has 4 heteroatoms. The minimum absolute atomic E-state index is 0. The number of nitrogens with zero attached hydrogens (tertiary/aromatic N) is 1. The van der Waals surface area contributed by atoms with Crippen LogP contribution in [0.25, 0.3) is 0 Å². The van der Waals surface area contributed by atoms with E-state index in [0.717, 1.165) is 12.0 Å². The van der Waals surface area contributed by atoms with E-state index in [-0.39, 0.29) is 24.8 Å². The molecule has 0 aromatic heterocycles. The highest BCUT2D eigenvalue weighted by Gasteiger charge is 2.32. The Kier molecular flexibility index (Phi) is 9.71. The topological polar surface area (TPSA) is 15.3 Å². The Morgan fingerprint density at radius 2 is 1.82 bits per heavy atom. The third-order valence-electron chi connectivity index (χ3n) is 4.06. The van der Waals surface area contributed by atoms with Crippen LogP contribution in [0.3, 0.4) is 0 Å². The molecule has 0 bridgehead atoms. The van der Waals surface area contributed by atoms with Gasteiger partial charge in [0.2, 0.25) is 0 Å². The summed E-state index contributed by atoms with van der Waals surface area (Å²) in [7, 11) is 0. The third-order valence-corrected chi connectivity index (χ3v) is 4.06. The molecule has 2 saturated heterocycles. The number of halogens is 2. The maximum atomic E-state index is 3.61. The second-order valence-electron chi connectivity index (χ2n) is 5.21. The van der Waals surface area contributed by atoms with E-state index in [1.165, 1.54) is 64.7 Å². The van der Waals surface area contributed by atoms with Crippen LogP contribution >= 0.6 is 24.8 Å². The lowest BCUT2D eigenvalue weighted by Crippen LogP contribution is -2.50. The number of hydrogen-bond donors (Lipinski definition) is 1.